The number of nitrogens with zero attached hydrogens (tertiary/aromatic N) is 1. The maximum atomic E-state index is 5.76. The zero-order valence-corrected chi connectivity index (χ0v) is 8.42. The van der Waals surface area contributed by atoms with Gasteiger partial charge in [0.1, 0.15) is 11.3 Å². The largest absolute Gasteiger partial charge is 0.268 e. The fraction of sp³-hybridized carbons (Fsp3) is 0. The van der Waals surface area contributed by atoms with Gasteiger partial charge in [-0.3, -0.25) is 0 Å². The van der Waals surface area contributed by atoms with E-state index in [9.17, 15) is 0 Å². The molecule has 0 amide bonds. The summed E-state index contributed by atoms with van der Waals surface area (Å²) in [6.45, 7) is 0. The Morgan fingerprint density at radius 3 is 2.58 bits per heavy atom. The highest BCUT2D eigenvalue weighted by Crippen LogP contribution is 2.24. The molecular formula is C8H5ClNS2+. The van der Waals surface area contributed by atoms with Crippen LogP contribution in [0.4, 0.5) is 0 Å². The summed E-state index contributed by atoms with van der Waals surface area (Å²) in [5, 5.41) is 1.82. The lowest BCUT2D eigenvalue weighted by atomic mass is 10.2. The monoisotopic (exact) mass is 214 g/mol. The summed E-state index contributed by atoms with van der Waals surface area (Å²) >= 11 is 8.88. The molecule has 0 aliphatic heterocycles. The topological polar surface area (TPSA) is 12.9 Å². The Morgan fingerprint density at radius 2 is 2.00 bits per heavy atom. The van der Waals surface area contributed by atoms with Crippen molar-refractivity contribution >= 4 is 34.5 Å². The molecule has 0 saturated heterocycles. The number of rotatable bonds is 1. The van der Waals surface area contributed by atoms with Crippen molar-refractivity contribution in [2.24, 2.45) is 0 Å². The summed E-state index contributed by atoms with van der Waals surface area (Å²) in [5.41, 5.74) is 1.13. The number of aromatic nitrogens is 1. The van der Waals surface area contributed by atoms with Crippen LogP contribution in [0.15, 0.2) is 29.0 Å². The van der Waals surface area contributed by atoms with Crippen molar-refractivity contribution in [2.45, 2.75) is 0 Å². The predicted molar refractivity (Wildman–Crippen MR) is 54.8 cm³/mol. The second-order valence-corrected chi connectivity index (χ2v) is 4.44. The van der Waals surface area contributed by atoms with Gasteiger partial charge in [0.15, 0.2) is 0 Å². The first-order chi connectivity index (χ1) is 5.86. The molecule has 4 heteroatoms. The van der Waals surface area contributed by atoms with E-state index in [2.05, 4.69) is 4.37 Å². The van der Waals surface area contributed by atoms with E-state index in [4.69, 9.17) is 11.6 Å². The van der Waals surface area contributed by atoms with Crippen molar-refractivity contribution in [2.75, 3.05) is 0 Å². The Labute approximate surface area is 83.4 Å². The van der Waals surface area contributed by atoms with E-state index < -0.39 is 0 Å². The van der Waals surface area contributed by atoms with Crippen LogP contribution in [0.3, 0.4) is 0 Å². The van der Waals surface area contributed by atoms with E-state index in [1.54, 1.807) is 11.3 Å². The first-order valence-electron chi connectivity index (χ1n) is 3.34. The van der Waals surface area contributed by atoms with Gasteiger partial charge in [0.05, 0.1) is 0 Å². The fourth-order valence-electron chi connectivity index (χ4n) is 0.871. The average Bonchev–Trinajstić information content (AvgIpc) is 2.58. The van der Waals surface area contributed by atoms with Gasteiger partial charge in [-0.15, -0.1) is 0 Å². The molecule has 0 aliphatic rings. The van der Waals surface area contributed by atoms with Crippen LogP contribution in [0.2, 0.25) is 5.02 Å². The Morgan fingerprint density at radius 1 is 1.25 bits per heavy atom. The van der Waals surface area contributed by atoms with Crippen LogP contribution in [0.25, 0.3) is 10.6 Å². The molecule has 1 aromatic heterocycles. The van der Waals surface area contributed by atoms with Crippen LogP contribution >= 0.6 is 34.5 Å². The first-order valence-corrected chi connectivity index (χ1v) is 5.44. The van der Waals surface area contributed by atoms with Gasteiger partial charge in [-0.05, 0) is 28.6 Å². The highest BCUT2D eigenvalue weighted by atomic mass is 35.5. The van der Waals surface area contributed by atoms with Gasteiger partial charge in [0.2, 0.25) is 11.5 Å². The van der Waals surface area contributed by atoms with Crippen LogP contribution in [-0.2, 0) is 0 Å². The van der Waals surface area contributed by atoms with E-state index in [1.165, 1.54) is 11.5 Å². The van der Waals surface area contributed by atoms with Crippen molar-refractivity contribution in [3.8, 4) is 10.6 Å². The highest BCUT2D eigenvalue weighted by molar-refractivity contribution is 7.26. The van der Waals surface area contributed by atoms with Crippen LogP contribution < -0.4 is 0 Å². The Balaban J connectivity index is 2.43. The molecule has 0 aliphatic carbocycles. The van der Waals surface area contributed by atoms with E-state index in [0.717, 1.165) is 15.6 Å². The second-order valence-electron chi connectivity index (χ2n) is 2.22. The Bertz CT molecular complexity index is 355. The van der Waals surface area contributed by atoms with Gasteiger partial charge < -0.3 is 0 Å². The number of benzene rings is 1. The fourth-order valence-corrected chi connectivity index (χ4v) is 2.48. The van der Waals surface area contributed by atoms with Crippen LogP contribution in [0.5, 0.6) is 0 Å². The Hall–Kier alpha value is -0.510. The van der Waals surface area contributed by atoms with Gasteiger partial charge in [0.25, 0.3) is 9.70 Å². The molecule has 0 unspecified atom stereocenters. The Kier molecular flexibility index (Phi) is 2.35. The van der Waals surface area contributed by atoms with Gasteiger partial charge >= 0.3 is 0 Å². The molecule has 0 fully saturated rings. The van der Waals surface area contributed by atoms with E-state index in [-0.39, 0.29) is 0 Å². The summed E-state index contributed by atoms with van der Waals surface area (Å²) in [5.74, 6) is 0. The van der Waals surface area contributed by atoms with Crippen molar-refractivity contribution in [1.82, 2.24) is 4.37 Å². The molecule has 60 valence electrons. The molecule has 0 saturated carbocycles. The van der Waals surface area contributed by atoms with Gasteiger partial charge in [-0.1, -0.05) is 11.6 Å². The third-order valence-corrected chi connectivity index (χ3v) is 3.36. The summed E-state index contributed by atoms with van der Waals surface area (Å²) in [6, 6.07) is 7.72. The maximum absolute atomic E-state index is 5.76. The summed E-state index contributed by atoms with van der Waals surface area (Å²) in [6.07, 6.45) is 0. The van der Waals surface area contributed by atoms with Crippen molar-refractivity contribution in [3.63, 3.8) is 0 Å². The summed E-state index contributed by atoms with van der Waals surface area (Å²) in [7, 11) is 0. The average molecular weight is 215 g/mol. The molecule has 2 aromatic rings. The van der Waals surface area contributed by atoms with Crippen molar-refractivity contribution in [1.29, 1.82) is 0 Å². The molecular weight excluding hydrogens is 210 g/mol. The van der Waals surface area contributed by atoms with Crippen molar-refractivity contribution < 1.29 is 0 Å². The lowest BCUT2D eigenvalue weighted by Gasteiger charge is -1.90. The number of halogens is 1. The third kappa shape index (κ3) is 1.63. The molecule has 0 spiro atoms. The quantitative estimate of drug-likeness (QED) is 0.658. The third-order valence-electron chi connectivity index (χ3n) is 1.43. The lowest BCUT2D eigenvalue weighted by molar-refractivity contribution is 1.57. The molecule has 0 bridgehead atoms. The molecule has 1 heterocycles. The van der Waals surface area contributed by atoms with Crippen LogP contribution in [-0.4, -0.2) is 4.37 Å². The smallest absolute Gasteiger partial charge is 0.0843 e. The number of hydrogen-bond acceptors (Lipinski definition) is 2. The molecule has 0 N–H and O–H groups in total. The molecule has 0 atom stereocenters. The lowest BCUT2D eigenvalue weighted by Crippen LogP contribution is -1.72. The maximum Gasteiger partial charge on any atom is 0.268 e. The van der Waals surface area contributed by atoms with E-state index in [1.807, 2.05) is 29.0 Å². The molecule has 0 radical (unpaired) electrons. The summed E-state index contributed by atoms with van der Waals surface area (Å²) < 4.78 is 6.24. The molecule has 12 heavy (non-hydrogen) atoms. The van der Waals surface area contributed by atoms with Crippen molar-refractivity contribution in [3.05, 3.63) is 34.0 Å². The van der Waals surface area contributed by atoms with E-state index >= 15 is 0 Å². The van der Waals surface area contributed by atoms with Crippen LogP contribution in [0, 0.1) is 0 Å². The molecule has 1 aromatic carbocycles. The van der Waals surface area contributed by atoms with Crippen LogP contribution in [0.1, 0.15) is 0 Å². The zero-order chi connectivity index (χ0) is 8.39. The summed E-state index contributed by atoms with van der Waals surface area (Å²) in [4.78, 5) is 0. The van der Waals surface area contributed by atoms with Gasteiger partial charge in [0, 0.05) is 10.6 Å². The first kappa shape index (κ1) is 8.10. The van der Waals surface area contributed by atoms with E-state index in [0.29, 0.717) is 0 Å². The second kappa shape index (κ2) is 3.47. The minimum atomic E-state index is 0.763. The standard InChI is InChI=1S/C8H5ClNS2/c9-7-3-1-6(2-4-7)8-10-12-5-11-8/h1-5H/q+1. The zero-order valence-electron chi connectivity index (χ0n) is 6.03. The normalized spacial score (nSPS) is 10.1. The minimum absolute atomic E-state index is 0.763. The SMILES string of the molecule is Clc1ccc(-c2nsc[s+]2)cc1. The van der Waals surface area contributed by atoms with Gasteiger partial charge in [-0.2, -0.15) is 0 Å². The number of hydrogen-bond donors (Lipinski definition) is 0. The predicted octanol–water partition coefficient (Wildman–Crippen LogP) is 3.81. The van der Waals surface area contributed by atoms with Gasteiger partial charge in [-0.25, -0.2) is 0 Å². The molecule has 2 rings (SSSR count). The minimum Gasteiger partial charge on any atom is -0.0843 e. The molecule has 1 nitrogen and oxygen atoms in total. The highest BCUT2D eigenvalue weighted by Gasteiger charge is 2.07.